The van der Waals surface area contributed by atoms with Gasteiger partial charge in [0.2, 0.25) is 0 Å². The van der Waals surface area contributed by atoms with Gasteiger partial charge in [0.05, 0.1) is 4.90 Å². The third-order valence-electron chi connectivity index (χ3n) is 5.20. The molecule has 1 N–H and O–H groups in total. The predicted molar refractivity (Wildman–Crippen MR) is 106 cm³/mol. The standard InChI is InChI=1S/C21H16F4N2O3S/c22-15-3-6-17-18(12-26-19(17)11-15)13-7-9-27(10-8-13)20(28)14-1-4-16(5-2-14)31(29,30)21(23,24)25/h1-7,11-12,26H,8-10H2. The highest BCUT2D eigenvalue weighted by Crippen LogP contribution is 2.31. The number of aromatic nitrogens is 1. The van der Waals surface area contributed by atoms with Gasteiger partial charge in [-0.2, -0.15) is 13.2 Å². The lowest BCUT2D eigenvalue weighted by Gasteiger charge is -2.26. The van der Waals surface area contributed by atoms with Crippen LogP contribution in [0.25, 0.3) is 16.5 Å². The number of nitrogens with one attached hydrogen (secondary N) is 1. The molecule has 0 atom stereocenters. The summed E-state index contributed by atoms with van der Waals surface area (Å²) in [5.41, 5.74) is -2.72. The van der Waals surface area contributed by atoms with Gasteiger partial charge in [-0.05, 0) is 54.5 Å². The molecule has 1 aliphatic heterocycles. The summed E-state index contributed by atoms with van der Waals surface area (Å²) >= 11 is 0. The zero-order valence-electron chi connectivity index (χ0n) is 15.9. The van der Waals surface area contributed by atoms with Crippen molar-refractivity contribution in [1.29, 1.82) is 0 Å². The first-order chi connectivity index (χ1) is 14.6. The Hall–Kier alpha value is -3.14. The van der Waals surface area contributed by atoms with E-state index in [1.54, 1.807) is 12.3 Å². The first kappa shape index (κ1) is 21.1. The van der Waals surface area contributed by atoms with Crippen molar-refractivity contribution < 1.29 is 30.8 Å². The number of halogens is 4. The van der Waals surface area contributed by atoms with Crippen molar-refractivity contribution >= 4 is 32.2 Å². The Bertz CT molecular complexity index is 1290. The largest absolute Gasteiger partial charge is 0.501 e. The molecule has 0 saturated carbocycles. The maximum Gasteiger partial charge on any atom is 0.501 e. The molecule has 1 aliphatic rings. The second-order valence-electron chi connectivity index (χ2n) is 7.10. The topological polar surface area (TPSA) is 70.2 Å². The third kappa shape index (κ3) is 3.83. The molecule has 0 bridgehead atoms. The summed E-state index contributed by atoms with van der Waals surface area (Å²) in [7, 11) is -5.46. The molecule has 0 spiro atoms. The lowest BCUT2D eigenvalue weighted by Crippen LogP contribution is -2.34. The molecule has 2 heterocycles. The molecule has 0 fully saturated rings. The number of aromatic amines is 1. The lowest BCUT2D eigenvalue weighted by atomic mass is 9.98. The van der Waals surface area contributed by atoms with E-state index < -0.39 is 26.1 Å². The Morgan fingerprint density at radius 2 is 1.77 bits per heavy atom. The number of fused-ring (bicyclic) bond motifs is 1. The summed E-state index contributed by atoms with van der Waals surface area (Å²) in [6.07, 6.45) is 4.19. The quantitative estimate of drug-likeness (QED) is 0.594. The average molecular weight is 452 g/mol. The van der Waals surface area contributed by atoms with Gasteiger partial charge >= 0.3 is 5.51 Å². The minimum Gasteiger partial charge on any atom is -0.360 e. The van der Waals surface area contributed by atoms with E-state index in [0.29, 0.717) is 18.5 Å². The normalized spacial score (nSPS) is 15.2. The Kier molecular flexibility index (Phi) is 5.12. The van der Waals surface area contributed by atoms with Crippen LogP contribution in [0.2, 0.25) is 0 Å². The third-order valence-corrected chi connectivity index (χ3v) is 6.70. The summed E-state index contributed by atoms with van der Waals surface area (Å²) in [6.45, 7) is 0.659. The fraction of sp³-hybridized carbons (Fsp3) is 0.190. The first-order valence-corrected chi connectivity index (χ1v) is 10.7. The van der Waals surface area contributed by atoms with Crippen LogP contribution in [-0.4, -0.2) is 42.8 Å². The van der Waals surface area contributed by atoms with Crippen LogP contribution in [0.3, 0.4) is 0 Å². The van der Waals surface area contributed by atoms with Crippen molar-refractivity contribution in [2.24, 2.45) is 0 Å². The zero-order valence-corrected chi connectivity index (χ0v) is 16.7. The van der Waals surface area contributed by atoms with Crippen LogP contribution in [0.4, 0.5) is 17.6 Å². The van der Waals surface area contributed by atoms with E-state index >= 15 is 0 Å². The lowest BCUT2D eigenvalue weighted by molar-refractivity contribution is -0.0436. The number of hydrogen-bond donors (Lipinski definition) is 1. The minimum atomic E-state index is -5.46. The number of sulfone groups is 1. The first-order valence-electron chi connectivity index (χ1n) is 9.24. The van der Waals surface area contributed by atoms with Gasteiger partial charge < -0.3 is 9.88 Å². The van der Waals surface area contributed by atoms with E-state index in [2.05, 4.69) is 4.98 Å². The summed E-state index contributed by atoms with van der Waals surface area (Å²) in [4.78, 5) is 16.3. The van der Waals surface area contributed by atoms with Crippen LogP contribution in [0.5, 0.6) is 0 Å². The molecule has 4 rings (SSSR count). The second kappa shape index (κ2) is 7.52. The van der Waals surface area contributed by atoms with Crippen molar-refractivity contribution in [3.63, 3.8) is 0 Å². The van der Waals surface area contributed by atoms with Crippen LogP contribution < -0.4 is 0 Å². The number of carbonyl (C=O) groups is 1. The van der Waals surface area contributed by atoms with E-state index in [0.717, 1.165) is 40.8 Å². The smallest absolute Gasteiger partial charge is 0.360 e. The van der Waals surface area contributed by atoms with Crippen LogP contribution in [0, 0.1) is 5.82 Å². The van der Waals surface area contributed by atoms with Crippen molar-refractivity contribution in [2.45, 2.75) is 16.8 Å². The number of hydrogen-bond acceptors (Lipinski definition) is 3. The highest BCUT2D eigenvalue weighted by atomic mass is 32.2. The zero-order chi connectivity index (χ0) is 22.4. The van der Waals surface area contributed by atoms with E-state index in [9.17, 15) is 30.8 Å². The number of rotatable bonds is 3. The molecule has 1 aromatic heterocycles. The van der Waals surface area contributed by atoms with E-state index in [4.69, 9.17) is 0 Å². The molecule has 0 radical (unpaired) electrons. The molecule has 31 heavy (non-hydrogen) atoms. The maximum atomic E-state index is 13.4. The van der Waals surface area contributed by atoms with Crippen molar-refractivity contribution in [2.75, 3.05) is 13.1 Å². The Morgan fingerprint density at radius 1 is 1.06 bits per heavy atom. The van der Waals surface area contributed by atoms with Gasteiger partial charge in [0.25, 0.3) is 15.7 Å². The van der Waals surface area contributed by atoms with E-state index in [1.165, 1.54) is 17.0 Å². The van der Waals surface area contributed by atoms with Gasteiger partial charge in [-0.1, -0.05) is 6.08 Å². The fourth-order valence-electron chi connectivity index (χ4n) is 3.56. The van der Waals surface area contributed by atoms with Crippen LogP contribution in [0.1, 0.15) is 22.3 Å². The SMILES string of the molecule is O=C(c1ccc(S(=O)(=O)C(F)(F)F)cc1)N1CC=C(c2c[nH]c3cc(F)ccc23)CC1. The summed E-state index contributed by atoms with van der Waals surface area (Å²) in [5.74, 6) is -0.753. The van der Waals surface area contributed by atoms with Crippen LogP contribution in [0.15, 0.2) is 59.6 Å². The highest BCUT2D eigenvalue weighted by Gasteiger charge is 2.46. The minimum absolute atomic E-state index is 0.0977. The molecule has 5 nitrogen and oxygen atoms in total. The van der Waals surface area contributed by atoms with Gasteiger partial charge in [-0.25, -0.2) is 12.8 Å². The second-order valence-corrected chi connectivity index (χ2v) is 9.04. The summed E-state index contributed by atoms with van der Waals surface area (Å²) in [5, 5.41) is 0.869. The average Bonchev–Trinajstić information content (AvgIpc) is 3.15. The molecular weight excluding hydrogens is 436 g/mol. The number of benzene rings is 2. The Morgan fingerprint density at radius 3 is 2.39 bits per heavy atom. The highest BCUT2D eigenvalue weighted by molar-refractivity contribution is 7.92. The van der Waals surface area contributed by atoms with Crippen molar-refractivity contribution in [3.05, 3.63) is 71.7 Å². The predicted octanol–water partition coefficient (Wildman–Crippen LogP) is 4.53. The van der Waals surface area contributed by atoms with Gasteiger partial charge in [0, 0.05) is 41.3 Å². The summed E-state index contributed by atoms with van der Waals surface area (Å²) in [6, 6.07) is 8.19. The Labute approximate surface area is 174 Å². The van der Waals surface area contributed by atoms with Crippen molar-refractivity contribution in [3.8, 4) is 0 Å². The van der Waals surface area contributed by atoms with Crippen LogP contribution in [-0.2, 0) is 9.84 Å². The molecule has 2 aromatic carbocycles. The Balaban J connectivity index is 1.51. The number of carbonyl (C=O) groups excluding carboxylic acids is 1. The van der Waals surface area contributed by atoms with Gasteiger partial charge in [0.15, 0.2) is 0 Å². The number of nitrogens with zero attached hydrogens (tertiary/aromatic N) is 1. The molecule has 0 aliphatic carbocycles. The van der Waals surface area contributed by atoms with E-state index in [-0.39, 0.29) is 17.9 Å². The molecule has 0 saturated heterocycles. The summed E-state index contributed by atoms with van der Waals surface area (Å²) < 4.78 is 74.2. The molecule has 162 valence electrons. The van der Waals surface area contributed by atoms with Gasteiger partial charge in [-0.15, -0.1) is 0 Å². The van der Waals surface area contributed by atoms with Crippen LogP contribution >= 0.6 is 0 Å². The molecule has 10 heteroatoms. The van der Waals surface area contributed by atoms with Gasteiger partial charge in [-0.3, -0.25) is 4.79 Å². The number of H-pyrrole nitrogens is 1. The molecule has 0 unspecified atom stereocenters. The van der Waals surface area contributed by atoms with Gasteiger partial charge in [0.1, 0.15) is 5.82 Å². The van der Waals surface area contributed by atoms with Crippen molar-refractivity contribution in [1.82, 2.24) is 9.88 Å². The number of amides is 1. The molecular formula is C21H16F4N2O3S. The maximum absolute atomic E-state index is 13.4. The number of alkyl halides is 3. The molecule has 1 amide bonds. The van der Waals surface area contributed by atoms with E-state index in [1.807, 2.05) is 6.08 Å². The molecule has 3 aromatic rings. The monoisotopic (exact) mass is 452 g/mol. The fourth-order valence-corrected chi connectivity index (χ4v) is 4.32.